The summed E-state index contributed by atoms with van der Waals surface area (Å²) in [5, 5.41) is 0. The van der Waals surface area contributed by atoms with Crippen LogP contribution in [-0.4, -0.2) is 29.2 Å². The molecule has 0 fully saturated rings. The quantitative estimate of drug-likeness (QED) is 0.350. The lowest BCUT2D eigenvalue weighted by atomic mass is 10.1. The Labute approximate surface area is 91.1 Å². The van der Waals surface area contributed by atoms with E-state index in [9.17, 15) is 0 Å². The Bertz CT molecular complexity index is 140. The smallest absolute Gasteiger partial charge is 0.187 e. The van der Waals surface area contributed by atoms with Crippen LogP contribution in [0.3, 0.4) is 0 Å². The van der Waals surface area contributed by atoms with E-state index < -0.39 is 5.79 Å². The van der Waals surface area contributed by atoms with E-state index in [2.05, 4.69) is 19.1 Å². The minimum atomic E-state index is -0.443. The predicted molar refractivity (Wildman–Crippen MR) is 64.8 cm³/mol. The van der Waals surface area contributed by atoms with E-state index in [-0.39, 0.29) is 0 Å². The summed E-state index contributed by atoms with van der Waals surface area (Å²) in [5.41, 5.74) is 0. The maximum atomic E-state index is 5.73. The Balaban J connectivity index is 4.45. The van der Waals surface area contributed by atoms with Gasteiger partial charge >= 0.3 is 0 Å². The van der Waals surface area contributed by atoms with E-state index in [1.54, 1.807) is 0 Å². The molecule has 3 heteroatoms. The maximum absolute atomic E-state index is 5.73. The molecule has 0 saturated heterocycles. The fourth-order valence-electron chi connectivity index (χ4n) is 1.50. The maximum Gasteiger partial charge on any atom is 0.187 e. The SMILES string of the molecule is CCC=CC(CC[SiH3])(OCC)OCC. The Morgan fingerprint density at radius 1 is 1.14 bits per heavy atom. The monoisotopic (exact) mass is 216 g/mol. The van der Waals surface area contributed by atoms with Gasteiger partial charge in [0.25, 0.3) is 0 Å². The van der Waals surface area contributed by atoms with Crippen LogP contribution in [0.15, 0.2) is 12.2 Å². The normalized spacial score (nSPS) is 12.8. The van der Waals surface area contributed by atoms with E-state index in [1.807, 2.05) is 13.8 Å². The highest BCUT2D eigenvalue weighted by Gasteiger charge is 2.26. The molecule has 0 unspecified atom stereocenters. The molecule has 84 valence electrons. The van der Waals surface area contributed by atoms with Gasteiger partial charge in [0.05, 0.1) is 0 Å². The molecule has 0 rings (SSSR count). The molecule has 0 aromatic rings. The first kappa shape index (κ1) is 13.9. The van der Waals surface area contributed by atoms with Gasteiger partial charge in [-0.2, -0.15) is 0 Å². The second-order valence-electron chi connectivity index (χ2n) is 3.24. The van der Waals surface area contributed by atoms with Crippen molar-refractivity contribution in [3.05, 3.63) is 12.2 Å². The van der Waals surface area contributed by atoms with Gasteiger partial charge in [0.1, 0.15) is 0 Å². The van der Waals surface area contributed by atoms with Crippen LogP contribution in [0, 0.1) is 0 Å². The van der Waals surface area contributed by atoms with Gasteiger partial charge in [0, 0.05) is 29.9 Å². The molecule has 0 aliphatic heterocycles. The highest BCUT2D eigenvalue weighted by molar-refractivity contribution is 6.08. The summed E-state index contributed by atoms with van der Waals surface area (Å²) in [6.07, 6.45) is 6.22. The fraction of sp³-hybridized carbons (Fsp3) is 0.818. The summed E-state index contributed by atoms with van der Waals surface area (Å²) in [6.45, 7) is 7.56. The summed E-state index contributed by atoms with van der Waals surface area (Å²) >= 11 is 0. The minimum Gasteiger partial charge on any atom is -0.347 e. The van der Waals surface area contributed by atoms with Crippen molar-refractivity contribution in [2.24, 2.45) is 0 Å². The van der Waals surface area contributed by atoms with Crippen molar-refractivity contribution in [1.82, 2.24) is 0 Å². The van der Waals surface area contributed by atoms with Gasteiger partial charge in [0.2, 0.25) is 0 Å². The zero-order chi connectivity index (χ0) is 10.9. The molecule has 0 radical (unpaired) electrons. The van der Waals surface area contributed by atoms with E-state index in [0.717, 1.165) is 12.8 Å². The standard InChI is InChI=1S/C11H24O2Si/c1-4-7-8-11(9-10-14,12-5-2)13-6-3/h7-8H,4-6,9-10H2,1-3,14H3. The van der Waals surface area contributed by atoms with Crippen LogP contribution < -0.4 is 0 Å². The Morgan fingerprint density at radius 3 is 2.07 bits per heavy atom. The van der Waals surface area contributed by atoms with Crippen molar-refractivity contribution in [2.45, 2.75) is 45.4 Å². The summed E-state index contributed by atoms with van der Waals surface area (Å²) in [5.74, 6) is -0.443. The third-order valence-electron chi connectivity index (χ3n) is 1.98. The van der Waals surface area contributed by atoms with E-state index in [0.29, 0.717) is 13.2 Å². The van der Waals surface area contributed by atoms with Gasteiger partial charge < -0.3 is 9.47 Å². The Kier molecular flexibility index (Phi) is 8.13. The van der Waals surface area contributed by atoms with E-state index in [4.69, 9.17) is 9.47 Å². The van der Waals surface area contributed by atoms with Crippen molar-refractivity contribution in [2.75, 3.05) is 13.2 Å². The topological polar surface area (TPSA) is 18.5 Å². The van der Waals surface area contributed by atoms with Crippen molar-refractivity contribution >= 4 is 10.2 Å². The van der Waals surface area contributed by atoms with Crippen LogP contribution in [0.2, 0.25) is 6.04 Å². The second-order valence-corrected chi connectivity index (χ2v) is 4.24. The number of allylic oxidation sites excluding steroid dienone is 1. The summed E-state index contributed by atoms with van der Waals surface area (Å²) in [6, 6.07) is 1.20. The molecule has 0 aromatic heterocycles. The molecule has 14 heavy (non-hydrogen) atoms. The number of ether oxygens (including phenoxy) is 2. The molecular formula is C11H24O2Si. The average molecular weight is 216 g/mol. The van der Waals surface area contributed by atoms with Gasteiger partial charge in [-0.25, -0.2) is 0 Å². The molecule has 0 aromatic carbocycles. The van der Waals surface area contributed by atoms with E-state index >= 15 is 0 Å². The first-order valence-electron chi connectivity index (χ1n) is 5.70. The second kappa shape index (κ2) is 8.21. The first-order chi connectivity index (χ1) is 6.74. The van der Waals surface area contributed by atoms with Gasteiger partial charge in [-0.3, -0.25) is 0 Å². The van der Waals surface area contributed by atoms with Crippen LogP contribution >= 0.6 is 0 Å². The summed E-state index contributed by atoms with van der Waals surface area (Å²) in [4.78, 5) is 0. The van der Waals surface area contributed by atoms with Crippen LogP contribution in [0.5, 0.6) is 0 Å². The highest BCUT2D eigenvalue weighted by Crippen LogP contribution is 2.22. The Hall–Kier alpha value is -0.123. The van der Waals surface area contributed by atoms with Crippen molar-refractivity contribution in [3.63, 3.8) is 0 Å². The molecule has 0 atom stereocenters. The van der Waals surface area contributed by atoms with Crippen molar-refractivity contribution in [1.29, 1.82) is 0 Å². The third-order valence-corrected chi connectivity index (χ3v) is 2.48. The van der Waals surface area contributed by atoms with Crippen LogP contribution in [0.25, 0.3) is 0 Å². The lowest BCUT2D eigenvalue weighted by molar-refractivity contribution is -0.200. The zero-order valence-corrected chi connectivity index (χ0v) is 12.0. The first-order valence-corrected chi connectivity index (χ1v) is 7.11. The molecule has 0 amide bonds. The molecule has 0 aliphatic carbocycles. The molecular weight excluding hydrogens is 192 g/mol. The average Bonchev–Trinajstić information content (AvgIpc) is 2.16. The highest BCUT2D eigenvalue weighted by atomic mass is 28.1. The van der Waals surface area contributed by atoms with E-state index in [1.165, 1.54) is 16.3 Å². The molecule has 0 bridgehead atoms. The summed E-state index contributed by atoms with van der Waals surface area (Å²) < 4.78 is 11.5. The molecule has 0 saturated carbocycles. The number of hydrogen-bond donors (Lipinski definition) is 0. The van der Waals surface area contributed by atoms with Crippen molar-refractivity contribution < 1.29 is 9.47 Å². The Morgan fingerprint density at radius 2 is 1.71 bits per heavy atom. The lowest BCUT2D eigenvalue weighted by Gasteiger charge is -2.30. The van der Waals surface area contributed by atoms with Gasteiger partial charge in [-0.15, -0.1) is 0 Å². The predicted octanol–water partition coefficient (Wildman–Crippen LogP) is 1.90. The third kappa shape index (κ3) is 4.93. The zero-order valence-electron chi connectivity index (χ0n) is 10.0. The molecule has 0 heterocycles. The fourth-order valence-corrected chi connectivity index (χ4v) is 2.20. The van der Waals surface area contributed by atoms with Gasteiger partial charge in [-0.05, 0) is 26.3 Å². The lowest BCUT2D eigenvalue weighted by Crippen LogP contribution is -2.34. The molecule has 2 nitrogen and oxygen atoms in total. The minimum absolute atomic E-state index is 0.443. The number of hydrogen-bond acceptors (Lipinski definition) is 2. The van der Waals surface area contributed by atoms with Gasteiger partial charge in [-0.1, -0.05) is 19.0 Å². The molecule has 0 spiro atoms. The van der Waals surface area contributed by atoms with Crippen LogP contribution in [-0.2, 0) is 9.47 Å². The summed E-state index contributed by atoms with van der Waals surface area (Å²) in [7, 11) is 1.20. The number of rotatable bonds is 8. The largest absolute Gasteiger partial charge is 0.347 e. The van der Waals surface area contributed by atoms with Gasteiger partial charge in [0.15, 0.2) is 5.79 Å². The van der Waals surface area contributed by atoms with Crippen molar-refractivity contribution in [3.8, 4) is 0 Å². The van der Waals surface area contributed by atoms with Crippen LogP contribution in [0.4, 0.5) is 0 Å². The van der Waals surface area contributed by atoms with Crippen LogP contribution in [0.1, 0.15) is 33.6 Å². The molecule has 0 N–H and O–H groups in total. The molecule has 0 aliphatic rings.